The average molecular weight is 252 g/mol. The molecule has 5 heteroatoms. The lowest BCUT2D eigenvalue weighted by atomic mass is 10.2. The van der Waals surface area contributed by atoms with E-state index in [1.807, 2.05) is 13.8 Å². The van der Waals surface area contributed by atoms with Crippen molar-refractivity contribution in [2.75, 3.05) is 18.5 Å². The molecule has 0 spiro atoms. The molecule has 0 aliphatic heterocycles. The maximum Gasteiger partial charge on any atom is 0.335 e. The van der Waals surface area contributed by atoms with Gasteiger partial charge in [0.25, 0.3) is 0 Å². The Morgan fingerprint density at radius 1 is 1.50 bits per heavy atom. The standard InChI is InChI=1S/C13H20N2O3/c1-10(2)18-8-4-3-6-14-12-9-11(13(16)17)5-7-15-12/h5,7,9-10H,3-4,6,8H2,1-2H3,(H,14,15)(H,16,17). The van der Waals surface area contributed by atoms with Gasteiger partial charge in [-0.05, 0) is 38.8 Å². The molecule has 1 rings (SSSR count). The normalized spacial score (nSPS) is 10.6. The maximum atomic E-state index is 10.8. The van der Waals surface area contributed by atoms with Crippen molar-refractivity contribution in [2.45, 2.75) is 32.8 Å². The van der Waals surface area contributed by atoms with Gasteiger partial charge in [0.05, 0.1) is 11.7 Å². The number of pyridine rings is 1. The van der Waals surface area contributed by atoms with E-state index < -0.39 is 5.97 Å². The second kappa shape index (κ2) is 7.66. The molecule has 2 N–H and O–H groups in total. The van der Waals surface area contributed by atoms with Crippen molar-refractivity contribution in [3.8, 4) is 0 Å². The number of carboxylic acid groups (broad SMARTS) is 1. The SMILES string of the molecule is CC(C)OCCCCNc1cc(C(=O)O)ccn1. The molecule has 18 heavy (non-hydrogen) atoms. The van der Waals surface area contributed by atoms with Crippen LogP contribution in [-0.4, -0.2) is 35.3 Å². The Labute approximate surface area is 107 Å². The first kappa shape index (κ1) is 14.4. The molecule has 0 radical (unpaired) electrons. The van der Waals surface area contributed by atoms with Crippen molar-refractivity contribution in [2.24, 2.45) is 0 Å². The van der Waals surface area contributed by atoms with Gasteiger partial charge in [-0.2, -0.15) is 0 Å². The third-order valence-corrected chi connectivity index (χ3v) is 2.34. The van der Waals surface area contributed by atoms with E-state index in [1.54, 1.807) is 0 Å². The first-order valence-electron chi connectivity index (χ1n) is 6.14. The molecule has 0 amide bonds. The zero-order valence-electron chi connectivity index (χ0n) is 10.8. The lowest BCUT2D eigenvalue weighted by Gasteiger charge is -2.08. The minimum absolute atomic E-state index is 0.246. The van der Waals surface area contributed by atoms with Gasteiger partial charge in [0.1, 0.15) is 5.82 Å². The van der Waals surface area contributed by atoms with Gasteiger partial charge < -0.3 is 15.2 Å². The number of rotatable bonds is 8. The third kappa shape index (κ3) is 5.63. The molecule has 1 heterocycles. The molecule has 0 bridgehead atoms. The summed E-state index contributed by atoms with van der Waals surface area (Å²) in [6.45, 7) is 5.54. The van der Waals surface area contributed by atoms with E-state index >= 15 is 0 Å². The Kier molecular flexibility index (Phi) is 6.14. The Bertz CT molecular complexity index is 380. The molecular weight excluding hydrogens is 232 g/mol. The molecule has 0 atom stereocenters. The fourth-order valence-electron chi connectivity index (χ4n) is 1.42. The predicted octanol–water partition coefficient (Wildman–Crippen LogP) is 2.40. The molecule has 1 aromatic heterocycles. The maximum absolute atomic E-state index is 10.8. The number of carboxylic acids is 1. The minimum atomic E-state index is -0.939. The van der Waals surface area contributed by atoms with Crippen LogP contribution in [0.15, 0.2) is 18.3 Å². The molecule has 0 aromatic carbocycles. The molecule has 0 aliphatic rings. The fourth-order valence-corrected chi connectivity index (χ4v) is 1.42. The van der Waals surface area contributed by atoms with Gasteiger partial charge in [-0.25, -0.2) is 9.78 Å². The van der Waals surface area contributed by atoms with Crippen LogP contribution in [0.3, 0.4) is 0 Å². The summed E-state index contributed by atoms with van der Waals surface area (Å²) in [5.41, 5.74) is 0.246. The second-order valence-corrected chi connectivity index (χ2v) is 4.29. The van der Waals surface area contributed by atoms with Crippen LogP contribution in [0.5, 0.6) is 0 Å². The average Bonchev–Trinajstić information content (AvgIpc) is 2.33. The molecule has 1 aromatic rings. The number of anilines is 1. The first-order chi connectivity index (χ1) is 8.59. The summed E-state index contributed by atoms with van der Waals surface area (Å²) in [4.78, 5) is 14.8. The second-order valence-electron chi connectivity index (χ2n) is 4.29. The summed E-state index contributed by atoms with van der Waals surface area (Å²) in [6, 6.07) is 3.01. The quantitative estimate of drug-likeness (QED) is 0.695. The smallest absolute Gasteiger partial charge is 0.335 e. The molecule has 0 unspecified atom stereocenters. The van der Waals surface area contributed by atoms with Crippen molar-refractivity contribution in [3.63, 3.8) is 0 Å². The number of unbranched alkanes of at least 4 members (excludes halogenated alkanes) is 1. The zero-order valence-corrected chi connectivity index (χ0v) is 10.8. The van der Waals surface area contributed by atoms with Gasteiger partial charge in [-0.1, -0.05) is 0 Å². The Hall–Kier alpha value is -1.62. The van der Waals surface area contributed by atoms with Crippen LogP contribution < -0.4 is 5.32 Å². The van der Waals surface area contributed by atoms with Gasteiger partial charge in [0, 0.05) is 19.3 Å². The van der Waals surface area contributed by atoms with Crippen molar-refractivity contribution in [1.29, 1.82) is 0 Å². The highest BCUT2D eigenvalue weighted by Gasteiger charge is 2.03. The van der Waals surface area contributed by atoms with Crippen LogP contribution in [0, 0.1) is 0 Å². The number of aromatic carboxylic acids is 1. The van der Waals surface area contributed by atoms with E-state index in [2.05, 4.69) is 10.3 Å². The molecule has 0 fully saturated rings. The minimum Gasteiger partial charge on any atom is -0.478 e. The lowest BCUT2D eigenvalue weighted by Crippen LogP contribution is -2.08. The lowest BCUT2D eigenvalue weighted by molar-refractivity contribution is 0.0696. The van der Waals surface area contributed by atoms with Crippen molar-refractivity contribution in [3.05, 3.63) is 23.9 Å². The monoisotopic (exact) mass is 252 g/mol. The largest absolute Gasteiger partial charge is 0.478 e. The third-order valence-electron chi connectivity index (χ3n) is 2.34. The number of nitrogens with one attached hydrogen (secondary N) is 1. The highest BCUT2D eigenvalue weighted by Crippen LogP contribution is 2.07. The van der Waals surface area contributed by atoms with E-state index in [-0.39, 0.29) is 11.7 Å². The summed E-state index contributed by atoms with van der Waals surface area (Å²) in [5, 5.41) is 11.9. The number of hydrogen-bond acceptors (Lipinski definition) is 4. The Balaban J connectivity index is 2.23. The Morgan fingerprint density at radius 2 is 2.28 bits per heavy atom. The summed E-state index contributed by atoms with van der Waals surface area (Å²) in [5.74, 6) is -0.342. The fraction of sp³-hybridized carbons (Fsp3) is 0.538. The number of aromatic nitrogens is 1. The summed E-state index contributed by atoms with van der Waals surface area (Å²) in [7, 11) is 0. The van der Waals surface area contributed by atoms with Crippen molar-refractivity contribution < 1.29 is 14.6 Å². The predicted molar refractivity (Wildman–Crippen MR) is 70.0 cm³/mol. The molecule has 0 saturated carbocycles. The van der Waals surface area contributed by atoms with Gasteiger partial charge in [-0.3, -0.25) is 0 Å². The summed E-state index contributed by atoms with van der Waals surface area (Å²) < 4.78 is 5.42. The number of ether oxygens (including phenoxy) is 1. The molecule has 5 nitrogen and oxygen atoms in total. The van der Waals surface area contributed by atoms with Crippen LogP contribution >= 0.6 is 0 Å². The number of carbonyl (C=O) groups is 1. The zero-order chi connectivity index (χ0) is 13.4. The van der Waals surface area contributed by atoms with Crippen LogP contribution in [0.1, 0.15) is 37.0 Å². The van der Waals surface area contributed by atoms with Crippen LogP contribution in [-0.2, 0) is 4.74 Å². The van der Waals surface area contributed by atoms with Crippen LogP contribution in [0.4, 0.5) is 5.82 Å². The van der Waals surface area contributed by atoms with Gasteiger partial charge in [0.2, 0.25) is 0 Å². The highest BCUT2D eigenvalue weighted by molar-refractivity contribution is 5.88. The number of hydrogen-bond donors (Lipinski definition) is 2. The Morgan fingerprint density at radius 3 is 2.94 bits per heavy atom. The molecule has 100 valence electrons. The summed E-state index contributed by atoms with van der Waals surface area (Å²) >= 11 is 0. The van der Waals surface area contributed by atoms with Crippen molar-refractivity contribution >= 4 is 11.8 Å². The first-order valence-corrected chi connectivity index (χ1v) is 6.14. The van der Waals surface area contributed by atoms with Crippen LogP contribution in [0.2, 0.25) is 0 Å². The molecule has 0 saturated heterocycles. The highest BCUT2D eigenvalue weighted by atomic mass is 16.5. The van der Waals surface area contributed by atoms with Gasteiger partial charge in [0.15, 0.2) is 0 Å². The van der Waals surface area contributed by atoms with E-state index in [4.69, 9.17) is 9.84 Å². The van der Waals surface area contributed by atoms with Crippen molar-refractivity contribution in [1.82, 2.24) is 4.98 Å². The van der Waals surface area contributed by atoms with Gasteiger partial charge >= 0.3 is 5.97 Å². The van der Waals surface area contributed by atoms with Gasteiger partial charge in [-0.15, -0.1) is 0 Å². The van der Waals surface area contributed by atoms with E-state index in [1.165, 1.54) is 18.3 Å². The molecule has 0 aliphatic carbocycles. The molecular formula is C13H20N2O3. The van der Waals surface area contributed by atoms with E-state index in [9.17, 15) is 4.79 Å². The topological polar surface area (TPSA) is 71.5 Å². The van der Waals surface area contributed by atoms with E-state index in [0.29, 0.717) is 5.82 Å². The summed E-state index contributed by atoms with van der Waals surface area (Å²) in [6.07, 6.45) is 3.70. The van der Waals surface area contributed by atoms with E-state index in [0.717, 1.165) is 26.0 Å². The number of nitrogens with zero attached hydrogens (tertiary/aromatic N) is 1. The van der Waals surface area contributed by atoms with Crippen LogP contribution in [0.25, 0.3) is 0 Å².